The van der Waals surface area contributed by atoms with Crippen LogP contribution in [-0.2, 0) is 11.3 Å². The molecule has 8 heteroatoms. The van der Waals surface area contributed by atoms with E-state index >= 15 is 0 Å². The fourth-order valence-corrected chi connectivity index (χ4v) is 3.79. The zero-order chi connectivity index (χ0) is 20.9. The van der Waals surface area contributed by atoms with Gasteiger partial charge in [-0.25, -0.2) is 9.97 Å². The number of hydrogen-bond acceptors (Lipinski definition) is 7. The maximum atomic E-state index is 12.8. The molecule has 2 N–H and O–H groups in total. The molecular weight excluding hydrogens is 382 g/mol. The van der Waals surface area contributed by atoms with Gasteiger partial charge in [-0.05, 0) is 31.2 Å². The van der Waals surface area contributed by atoms with Crippen molar-refractivity contribution >= 4 is 16.7 Å². The van der Waals surface area contributed by atoms with Crippen LogP contribution in [0.1, 0.15) is 24.1 Å². The van der Waals surface area contributed by atoms with E-state index in [0.29, 0.717) is 11.6 Å². The quantitative estimate of drug-likeness (QED) is 0.618. The second kappa shape index (κ2) is 9.23. The van der Waals surface area contributed by atoms with Crippen LogP contribution >= 0.6 is 0 Å². The second-order valence-electron chi connectivity index (χ2n) is 7.56. The fraction of sp³-hybridized carbons (Fsp3) is 0.409. The summed E-state index contributed by atoms with van der Waals surface area (Å²) in [6.07, 6.45) is 3.62. The highest BCUT2D eigenvalue weighted by atomic mass is 16.7. The third-order valence-electron chi connectivity index (χ3n) is 5.49. The maximum Gasteiger partial charge on any atom is 0.287 e. The maximum absolute atomic E-state index is 12.8. The summed E-state index contributed by atoms with van der Waals surface area (Å²) < 4.78 is 6.61. The Hall–Kier alpha value is -2.97. The summed E-state index contributed by atoms with van der Waals surface area (Å²) in [7, 11) is 1.72. The largest absolute Gasteiger partial charge is 0.404 e. The number of nitrogens with one attached hydrogen (secondary N) is 2. The minimum Gasteiger partial charge on any atom is -0.404 e. The van der Waals surface area contributed by atoms with Gasteiger partial charge in [0.15, 0.2) is 5.65 Å². The monoisotopic (exact) mass is 409 g/mol. The first kappa shape index (κ1) is 20.3. The normalized spacial score (nSPS) is 19.0. The van der Waals surface area contributed by atoms with Gasteiger partial charge in [0.05, 0.1) is 16.8 Å². The van der Waals surface area contributed by atoms with Crippen molar-refractivity contribution < 1.29 is 9.57 Å². The van der Waals surface area contributed by atoms with E-state index in [0.717, 1.165) is 48.3 Å². The molecule has 0 bridgehead atoms. The standard InChI is InChI=1S/C22H27N5O3/c1-15-21-18(23-11-17-8-9-19(29-2)24-12-17)10-20(28)27(22(21)26-14-25-15)30-13-16-6-4-3-5-7-16/h3-7,10,14,17,19,23-24H,8-9,11-13H2,1-2H3. The summed E-state index contributed by atoms with van der Waals surface area (Å²) in [6.45, 7) is 3.81. The van der Waals surface area contributed by atoms with E-state index in [1.807, 2.05) is 37.3 Å². The molecule has 0 spiro atoms. The number of aryl methyl sites for hydroxylation is 1. The van der Waals surface area contributed by atoms with Gasteiger partial charge < -0.3 is 14.9 Å². The van der Waals surface area contributed by atoms with Crippen molar-refractivity contribution in [3.05, 3.63) is 64.3 Å². The summed E-state index contributed by atoms with van der Waals surface area (Å²) in [6, 6.07) is 11.3. The Bertz CT molecular complexity index is 1050. The Morgan fingerprint density at radius 3 is 2.80 bits per heavy atom. The number of piperidine rings is 1. The fourth-order valence-electron chi connectivity index (χ4n) is 3.79. The number of anilines is 1. The van der Waals surface area contributed by atoms with E-state index in [1.54, 1.807) is 13.2 Å². The van der Waals surface area contributed by atoms with Crippen LogP contribution in [0.5, 0.6) is 0 Å². The molecule has 3 heterocycles. The summed E-state index contributed by atoms with van der Waals surface area (Å²) in [5.41, 5.74) is 2.71. The van der Waals surface area contributed by atoms with Gasteiger partial charge in [0.1, 0.15) is 19.2 Å². The lowest BCUT2D eigenvalue weighted by atomic mass is 9.98. The van der Waals surface area contributed by atoms with Crippen molar-refractivity contribution in [2.45, 2.75) is 32.6 Å². The van der Waals surface area contributed by atoms with Crippen molar-refractivity contribution in [3.8, 4) is 0 Å². The lowest BCUT2D eigenvalue weighted by molar-refractivity contribution is 0.0409. The van der Waals surface area contributed by atoms with Crippen molar-refractivity contribution in [2.75, 3.05) is 25.5 Å². The Balaban J connectivity index is 1.56. The van der Waals surface area contributed by atoms with E-state index in [1.165, 1.54) is 11.1 Å². The van der Waals surface area contributed by atoms with E-state index in [9.17, 15) is 4.79 Å². The van der Waals surface area contributed by atoms with Crippen LogP contribution < -0.4 is 21.0 Å². The Kier molecular flexibility index (Phi) is 6.25. The molecule has 0 aliphatic carbocycles. The van der Waals surface area contributed by atoms with Crippen LogP contribution in [0.25, 0.3) is 11.0 Å². The SMILES string of the molecule is COC1CCC(CNc2cc(=O)n(OCc3ccccc3)c3ncnc(C)c23)CN1. The van der Waals surface area contributed by atoms with Crippen LogP contribution in [0, 0.1) is 12.8 Å². The molecule has 3 aromatic rings. The molecule has 2 atom stereocenters. The van der Waals surface area contributed by atoms with Gasteiger partial charge in [-0.3, -0.25) is 10.1 Å². The lowest BCUT2D eigenvalue weighted by Gasteiger charge is -2.29. The Morgan fingerprint density at radius 2 is 2.07 bits per heavy atom. The minimum atomic E-state index is -0.264. The van der Waals surface area contributed by atoms with Crippen LogP contribution in [0.3, 0.4) is 0 Å². The van der Waals surface area contributed by atoms with Crippen molar-refractivity contribution in [1.29, 1.82) is 0 Å². The Labute approximate surface area is 175 Å². The van der Waals surface area contributed by atoms with E-state index in [-0.39, 0.29) is 18.4 Å². The molecule has 1 aliphatic rings. The van der Waals surface area contributed by atoms with Crippen LogP contribution in [0.4, 0.5) is 5.69 Å². The molecule has 30 heavy (non-hydrogen) atoms. The molecule has 0 saturated carbocycles. The summed E-state index contributed by atoms with van der Waals surface area (Å²) in [4.78, 5) is 27.3. The average molecular weight is 409 g/mol. The van der Waals surface area contributed by atoms with Gasteiger partial charge in [0.2, 0.25) is 0 Å². The van der Waals surface area contributed by atoms with Crippen molar-refractivity contribution in [3.63, 3.8) is 0 Å². The average Bonchev–Trinajstić information content (AvgIpc) is 2.78. The molecule has 1 saturated heterocycles. The van der Waals surface area contributed by atoms with E-state index in [4.69, 9.17) is 9.57 Å². The molecule has 8 nitrogen and oxygen atoms in total. The highest BCUT2D eigenvalue weighted by molar-refractivity contribution is 5.90. The molecule has 2 aromatic heterocycles. The number of pyridine rings is 1. The number of nitrogens with zero attached hydrogens (tertiary/aromatic N) is 3. The third kappa shape index (κ3) is 4.44. The van der Waals surface area contributed by atoms with E-state index in [2.05, 4.69) is 20.6 Å². The van der Waals surface area contributed by atoms with Crippen molar-refractivity contribution in [1.82, 2.24) is 20.0 Å². The lowest BCUT2D eigenvalue weighted by Crippen LogP contribution is -2.42. The molecule has 0 radical (unpaired) electrons. The smallest absolute Gasteiger partial charge is 0.287 e. The number of aromatic nitrogens is 3. The van der Waals surface area contributed by atoms with Gasteiger partial charge >= 0.3 is 0 Å². The number of hydrogen-bond donors (Lipinski definition) is 2. The topological polar surface area (TPSA) is 90.3 Å². The molecule has 158 valence electrons. The molecule has 1 aliphatic heterocycles. The highest BCUT2D eigenvalue weighted by Crippen LogP contribution is 2.23. The molecule has 2 unspecified atom stereocenters. The van der Waals surface area contributed by atoms with Crippen LogP contribution in [0.2, 0.25) is 0 Å². The Morgan fingerprint density at radius 1 is 1.23 bits per heavy atom. The first-order valence-electron chi connectivity index (χ1n) is 10.2. The zero-order valence-corrected chi connectivity index (χ0v) is 17.3. The van der Waals surface area contributed by atoms with Gasteiger partial charge in [-0.15, -0.1) is 4.73 Å². The number of rotatable bonds is 7. The van der Waals surface area contributed by atoms with Crippen LogP contribution in [-0.4, -0.2) is 41.1 Å². The molecule has 0 amide bonds. The summed E-state index contributed by atoms with van der Waals surface area (Å²) in [5.74, 6) is 0.452. The number of benzene rings is 1. The zero-order valence-electron chi connectivity index (χ0n) is 17.3. The van der Waals surface area contributed by atoms with Gasteiger partial charge in [-0.2, -0.15) is 0 Å². The van der Waals surface area contributed by atoms with Crippen molar-refractivity contribution in [2.24, 2.45) is 5.92 Å². The predicted molar refractivity (Wildman–Crippen MR) is 115 cm³/mol. The second-order valence-corrected chi connectivity index (χ2v) is 7.56. The molecular formula is C22H27N5O3. The third-order valence-corrected chi connectivity index (χ3v) is 5.49. The number of methoxy groups -OCH3 is 1. The predicted octanol–water partition coefficient (Wildman–Crippen LogP) is 2.11. The highest BCUT2D eigenvalue weighted by Gasteiger charge is 2.21. The van der Waals surface area contributed by atoms with Crippen LogP contribution in [0.15, 0.2) is 47.5 Å². The first-order chi connectivity index (χ1) is 14.7. The van der Waals surface area contributed by atoms with Gasteiger partial charge in [0.25, 0.3) is 5.56 Å². The first-order valence-corrected chi connectivity index (χ1v) is 10.2. The molecule has 1 aromatic carbocycles. The van der Waals surface area contributed by atoms with Gasteiger partial charge in [-0.1, -0.05) is 30.3 Å². The van der Waals surface area contributed by atoms with Gasteiger partial charge in [0, 0.05) is 26.3 Å². The number of fused-ring (bicyclic) bond motifs is 1. The minimum absolute atomic E-state index is 0.128. The number of ether oxygens (including phenoxy) is 1. The van der Waals surface area contributed by atoms with E-state index < -0.39 is 0 Å². The molecule has 4 rings (SSSR count). The summed E-state index contributed by atoms with van der Waals surface area (Å²) >= 11 is 0. The molecule has 1 fully saturated rings. The summed E-state index contributed by atoms with van der Waals surface area (Å²) in [5, 5.41) is 7.62.